The SMILES string of the molecule is COCCN(C(=O)CN1CCCCCC1=O)c1ccc2cc(-c3n[nH]c4c3CCC(C)(C)C4)[nH]c2c1. The predicted molar refractivity (Wildman–Crippen MR) is 141 cm³/mol. The first kappa shape index (κ1) is 24.6. The number of likely N-dealkylation sites (tertiary alicyclic amines) is 1. The van der Waals surface area contributed by atoms with Crippen molar-refractivity contribution >= 4 is 28.4 Å². The van der Waals surface area contributed by atoms with E-state index in [0.717, 1.165) is 66.5 Å². The van der Waals surface area contributed by atoms with Crippen LogP contribution in [0, 0.1) is 5.41 Å². The molecule has 3 heterocycles. The fourth-order valence-corrected chi connectivity index (χ4v) is 5.52. The number of aromatic nitrogens is 3. The predicted octanol–water partition coefficient (Wildman–Crippen LogP) is 4.45. The number of hydrogen-bond acceptors (Lipinski definition) is 4. The van der Waals surface area contributed by atoms with Gasteiger partial charge in [0, 0.05) is 54.5 Å². The topological polar surface area (TPSA) is 94.3 Å². The van der Waals surface area contributed by atoms with E-state index >= 15 is 0 Å². The Balaban J connectivity index is 1.40. The van der Waals surface area contributed by atoms with Crippen molar-refractivity contribution in [3.63, 3.8) is 0 Å². The van der Waals surface area contributed by atoms with Crippen molar-refractivity contribution in [3.8, 4) is 11.4 Å². The van der Waals surface area contributed by atoms with E-state index in [0.29, 0.717) is 31.5 Å². The van der Waals surface area contributed by atoms with Gasteiger partial charge in [-0.15, -0.1) is 0 Å². The van der Waals surface area contributed by atoms with Crippen LogP contribution in [0.3, 0.4) is 0 Å². The van der Waals surface area contributed by atoms with Gasteiger partial charge in [-0.25, -0.2) is 0 Å². The second-order valence-electron chi connectivity index (χ2n) is 11.0. The van der Waals surface area contributed by atoms with Crippen LogP contribution in [0.5, 0.6) is 0 Å². The number of benzene rings is 1. The Morgan fingerprint density at radius 1 is 1.19 bits per heavy atom. The molecule has 192 valence electrons. The maximum absolute atomic E-state index is 13.4. The molecule has 0 saturated carbocycles. The van der Waals surface area contributed by atoms with E-state index in [1.165, 1.54) is 11.3 Å². The molecule has 1 aliphatic carbocycles. The molecule has 1 saturated heterocycles. The number of nitrogens with zero attached hydrogens (tertiary/aromatic N) is 3. The van der Waals surface area contributed by atoms with Crippen molar-refractivity contribution in [3.05, 3.63) is 35.5 Å². The number of fused-ring (bicyclic) bond motifs is 2. The van der Waals surface area contributed by atoms with Crippen LogP contribution < -0.4 is 4.90 Å². The van der Waals surface area contributed by atoms with Gasteiger partial charge in [-0.1, -0.05) is 26.3 Å². The van der Waals surface area contributed by atoms with Gasteiger partial charge in [-0.05, 0) is 55.7 Å². The normalized spacial score (nSPS) is 17.8. The molecule has 2 aromatic heterocycles. The molecule has 36 heavy (non-hydrogen) atoms. The zero-order chi connectivity index (χ0) is 25.3. The molecule has 0 bridgehead atoms. The van der Waals surface area contributed by atoms with Crippen molar-refractivity contribution in [2.75, 3.05) is 38.3 Å². The highest BCUT2D eigenvalue weighted by atomic mass is 16.5. The molecule has 5 rings (SSSR count). The van der Waals surface area contributed by atoms with Gasteiger partial charge in [-0.2, -0.15) is 5.10 Å². The van der Waals surface area contributed by atoms with Crippen LogP contribution in [0.2, 0.25) is 0 Å². The first-order valence-electron chi connectivity index (χ1n) is 13.1. The summed E-state index contributed by atoms with van der Waals surface area (Å²) in [6.07, 6.45) is 6.58. The number of rotatable bonds is 7. The average molecular weight is 492 g/mol. The Morgan fingerprint density at radius 2 is 2.06 bits per heavy atom. The van der Waals surface area contributed by atoms with Crippen LogP contribution >= 0.6 is 0 Å². The summed E-state index contributed by atoms with van der Waals surface area (Å²) in [5, 5.41) is 9.00. The van der Waals surface area contributed by atoms with Crippen LogP contribution in [-0.4, -0.2) is 65.2 Å². The summed E-state index contributed by atoms with van der Waals surface area (Å²) in [6.45, 7) is 6.21. The molecule has 2 N–H and O–H groups in total. The smallest absolute Gasteiger partial charge is 0.246 e. The average Bonchev–Trinajstić information content (AvgIpc) is 3.39. The molecular weight excluding hydrogens is 454 g/mol. The third kappa shape index (κ3) is 5.05. The van der Waals surface area contributed by atoms with E-state index in [9.17, 15) is 9.59 Å². The lowest BCUT2D eigenvalue weighted by atomic mass is 9.76. The number of H-pyrrole nitrogens is 2. The zero-order valence-electron chi connectivity index (χ0n) is 21.7. The number of hydrogen-bond donors (Lipinski definition) is 2. The molecule has 2 amide bonds. The second kappa shape index (κ2) is 10.1. The standard InChI is InChI=1S/C28H37N5O3/c1-28(2)11-10-21-24(17-28)30-31-27(21)23-15-19-8-9-20(16-22(19)29-23)33(13-14-36-3)26(35)18-32-12-6-4-5-7-25(32)34/h8-9,15-16,29H,4-7,10-14,17-18H2,1-3H3,(H,30,31). The summed E-state index contributed by atoms with van der Waals surface area (Å²) >= 11 is 0. The molecular formula is C28H37N5O3. The monoisotopic (exact) mass is 491 g/mol. The summed E-state index contributed by atoms with van der Waals surface area (Å²) < 4.78 is 5.29. The fraction of sp³-hybridized carbons (Fsp3) is 0.536. The van der Waals surface area contributed by atoms with E-state index in [1.54, 1.807) is 16.9 Å². The van der Waals surface area contributed by atoms with E-state index in [2.05, 4.69) is 35.1 Å². The van der Waals surface area contributed by atoms with Crippen molar-refractivity contribution in [1.82, 2.24) is 20.1 Å². The van der Waals surface area contributed by atoms with Gasteiger partial charge >= 0.3 is 0 Å². The minimum absolute atomic E-state index is 0.0720. The van der Waals surface area contributed by atoms with E-state index in [1.807, 2.05) is 18.2 Å². The summed E-state index contributed by atoms with van der Waals surface area (Å²) in [4.78, 5) is 32.8. The number of amides is 2. The Bertz CT molecular complexity index is 1260. The quantitative estimate of drug-likeness (QED) is 0.510. The number of aromatic amines is 2. The third-order valence-electron chi connectivity index (χ3n) is 7.65. The highest BCUT2D eigenvalue weighted by Crippen LogP contribution is 2.38. The molecule has 8 heteroatoms. The lowest BCUT2D eigenvalue weighted by molar-refractivity contribution is -0.134. The molecule has 0 radical (unpaired) electrons. The molecule has 1 aromatic carbocycles. The Labute approximate surface area is 212 Å². The maximum atomic E-state index is 13.4. The molecule has 0 unspecified atom stereocenters. The van der Waals surface area contributed by atoms with Crippen LogP contribution in [0.15, 0.2) is 24.3 Å². The van der Waals surface area contributed by atoms with Crippen molar-refractivity contribution in [2.45, 2.75) is 58.8 Å². The number of carbonyl (C=O) groups is 2. The minimum Gasteiger partial charge on any atom is -0.383 e. The van der Waals surface area contributed by atoms with E-state index in [4.69, 9.17) is 4.74 Å². The molecule has 3 aromatic rings. The molecule has 2 aliphatic rings. The highest BCUT2D eigenvalue weighted by molar-refractivity contribution is 5.99. The first-order valence-corrected chi connectivity index (χ1v) is 13.1. The van der Waals surface area contributed by atoms with Crippen LogP contribution in [-0.2, 0) is 27.2 Å². The molecule has 1 aliphatic heterocycles. The second-order valence-corrected chi connectivity index (χ2v) is 11.0. The zero-order valence-corrected chi connectivity index (χ0v) is 21.7. The Kier molecular flexibility index (Phi) is 6.88. The van der Waals surface area contributed by atoms with Gasteiger partial charge in [-0.3, -0.25) is 14.7 Å². The number of nitrogens with one attached hydrogen (secondary N) is 2. The van der Waals surface area contributed by atoms with Gasteiger partial charge in [0.2, 0.25) is 11.8 Å². The first-order chi connectivity index (χ1) is 17.3. The molecule has 0 spiro atoms. The maximum Gasteiger partial charge on any atom is 0.246 e. The Morgan fingerprint density at radius 3 is 2.89 bits per heavy atom. The summed E-state index contributed by atoms with van der Waals surface area (Å²) in [7, 11) is 1.63. The molecule has 1 fully saturated rings. The van der Waals surface area contributed by atoms with Gasteiger partial charge in [0.15, 0.2) is 0 Å². The number of methoxy groups -OCH3 is 1. The fourth-order valence-electron chi connectivity index (χ4n) is 5.52. The van der Waals surface area contributed by atoms with Gasteiger partial charge in [0.25, 0.3) is 0 Å². The molecule has 0 atom stereocenters. The van der Waals surface area contributed by atoms with Gasteiger partial charge in [0.05, 0.1) is 12.3 Å². The van der Waals surface area contributed by atoms with E-state index < -0.39 is 0 Å². The van der Waals surface area contributed by atoms with E-state index in [-0.39, 0.29) is 18.4 Å². The summed E-state index contributed by atoms with van der Waals surface area (Å²) in [6, 6.07) is 8.16. The number of anilines is 1. The van der Waals surface area contributed by atoms with Gasteiger partial charge in [0.1, 0.15) is 12.2 Å². The van der Waals surface area contributed by atoms with Crippen molar-refractivity contribution in [1.29, 1.82) is 0 Å². The third-order valence-corrected chi connectivity index (χ3v) is 7.65. The van der Waals surface area contributed by atoms with Crippen LogP contribution in [0.4, 0.5) is 5.69 Å². The van der Waals surface area contributed by atoms with Crippen LogP contribution in [0.25, 0.3) is 22.3 Å². The van der Waals surface area contributed by atoms with Crippen LogP contribution in [0.1, 0.15) is 57.2 Å². The minimum atomic E-state index is -0.0857. The lowest BCUT2D eigenvalue weighted by Crippen LogP contribution is -2.44. The summed E-state index contributed by atoms with van der Waals surface area (Å²) in [5.41, 5.74) is 6.57. The summed E-state index contributed by atoms with van der Waals surface area (Å²) in [5.74, 6) is -0.0138. The van der Waals surface area contributed by atoms with Crippen molar-refractivity contribution < 1.29 is 14.3 Å². The Hall–Kier alpha value is -3.13. The lowest BCUT2D eigenvalue weighted by Gasteiger charge is -2.28. The van der Waals surface area contributed by atoms with Crippen molar-refractivity contribution in [2.24, 2.45) is 5.41 Å². The molecule has 8 nitrogen and oxygen atoms in total. The number of carbonyl (C=O) groups excluding carboxylic acids is 2. The highest BCUT2D eigenvalue weighted by Gasteiger charge is 2.29. The number of ether oxygens (including phenoxy) is 1. The largest absolute Gasteiger partial charge is 0.383 e. The van der Waals surface area contributed by atoms with Gasteiger partial charge < -0.3 is 19.5 Å².